The number of nitrogens with one attached hydrogen (secondary N) is 2. The summed E-state index contributed by atoms with van der Waals surface area (Å²) in [5.74, 6) is -0.702. The van der Waals surface area contributed by atoms with Crippen molar-refractivity contribution in [1.29, 1.82) is 0 Å². The van der Waals surface area contributed by atoms with Gasteiger partial charge in [0.25, 0.3) is 0 Å². The number of hydrogen-bond acceptors (Lipinski definition) is 6. The Hall–Kier alpha value is -3.04. The van der Waals surface area contributed by atoms with Gasteiger partial charge in [-0.3, -0.25) is 9.69 Å². The predicted molar refractivity (Wildman–Crippen MR) is 101 cm³/mol. The van der Waals surface area contributed by atoms with E-state index in [2.05, 4.69) is 10.6 Å². The number of rotatable bonds is 4. The maximum Gasteiger partial charge on any atom is 0.414 e. The third kappa shape index (κ3) is 3.22. The van der Waals surface area contributed by atoms with Crippen LogP contribution in [0.2, 0.25) is 0 Å². The Morgan fingerprint density at radius 1 is 1.34 bits per heavy atom. The van der Waals surface area contributed by atoms with Crippen molar-refractivity contribution in [3.05, 3.63) is 24.0 Å². The van der Waals surface area contributed by atoms with Gasteiger partial charge in [0.2, 0.25) is 5.91 Å². The molecule has 9 nitrogen and oxygen atoms in total. The van der Waals surface area contributed by atoms with Crippen LogP contribution < -0.4 is 20.4 Å². The molecule has 3 atom stereocenters. The molecule has 0 saturated carbocycles. The lowest BCUT2D eigenvalue weighted by Crippen LogP contribution is -2.52. The number of hydrogen-bond donors (Lipinski definition) is 2. The second kappa shape index (κ2) is 6.50. The SMILES string of the molecule is CC(=O)NC[C@H]1CN(c2ccc(N3CC4(C)NC(=O)OC4(C)C3)c(F)c2)C(=O)O1. The van der Waals surface area contributed by atoms with E-state index in [0.29, 0.717) is 24.5 Å². The zero-order valence-corrected chi connectivity index (χ0v) is 16.5. The summed E-state index contributed by atoms with van der Waals surface area (Å²) < 4.78 is 25.6. The normalized spacial score (nSPS) is 30.7. The van der Waals surface area contributed by atoms with Crippen LogP contribution in [0.5, 0.6) is 0 Å². The minimum absolute atomic E-state index is 0.203. The third-order valence-corrected chi connectivity index (χ3v) is 5.90. The van der Waals surface area contributed by atoms with Gasteiger partial charge in [-0.1, -0.05) is 0 Å². The number of ether oxygens (including phenoxy) is 2. The second-order valence-electron chi connectivity index (χ2n) is 8.12. The maximum atomic E-state index is 14.9. The number of fused-ring (bicyclic) bond motifs is 1. The second-order valence-corrected chi connectivity index (χ2v) is 8.12. The van der Waals surface area contributed by atoms with Gasteiger partial charge >= 0.3 is 12.2 Å². The molecule has 3 amide bonds. The molecule has 2 N–H and O–H groups in total. The Balaban J connectivity index is 1.49. The van der Waals surface area contributed by atoms with Crippen LogP contribution >= 0.6 is 0 Å². The lowest BCUT2D eigenvalue weighted by Gasteiger charge is -2.27. The van der Waals surface area contributed by atoms with E-state index in [4.69, 9.17) is 9.47 Å². The molecule has 2 unspecified atom stereocenters. The highest BCUT2D eigenvalue weighted by atomic mass is 19.1. The van der Waals surface area contributed by atoms with Crippen LogP contribution in [0, 0.1) is 5.82 Å². The van der Waals surface area contributed by atoms with Crippen molar-refractivity contribution in [2.75, 3.05) is 36.0 Å². The number of carbonyl (C=O) groups is 3. The van der Waals surface area contributed by atoms with Crippen LogP contribution in [0.15, 0.2) is 18.2 Å². The first-order valence-corrected chi connectivity index (χ1v) is 9.38. The summed E-state index contributed by atoms with van der Waals surface area (Å²) in [5.41, 5.74) is -0.635. The summed E-state index contributed by atoms with van der Waals surface area (Å²) in [5, 5.41) is 5.42. The summed E-state index contributed by atoms with van der Waals surface area (Å²) >= 11 is 0. The first-order valence-electron chi connectivity index (χ1n) is 9.38. The molecule has 0 aromatic heterocycles. The fraction of sp³-hybridized carbons (Fsp3) is 0.526. The molecule has 3 aliphatic rings. The van der Waals surface area contributed by atoms with Crippen molar-refractivity contribution in [1.82, 2.24) is 10.6 Å². The molecule has 3 saturated heterocycles. The van der Waals surface area contributed by atoms with Gasteiger partial charge in [0, 0.05) is 13.5 Å². The number of benzene rings is 1. The summed E-state index contributed by atoms with van der Waals surface area (Å²) in [7, 11) is 0. The Morgan fingerprint density at radius 2 is 2.10 bits per heavy atom. The van der Waals surface area contributed by atoms with Crippen molar-refractivity contribution in [2.24, 2.45) is 0 Å². The first kappa shape index (κ1) is 19.3. The third-order valence-electron chi connectivity index (χ3n) is 5.90. The quantitative estimate of drug-likeness (QED) is 0.783. The smallest absolute Gasteiger partial charge is 0.414 e. The largest absolute Gasteiger partial charge is 0.442 e. The maximum absolute atomic E-state index is 14.9. The van der Waals surface area contributed by atoms with Crippen LogP contribution in [0.3, 0.4) is 0 Å². The highest BCUT2D eigenvalue weighted by Crippen LogP contribution is 2.41. The van der Waals surface area contributed by atoms with Crippen LogP contribution in [-0.4, -0.2) is 61.5 Å². The minimum atomic E-state index is -0.759. The van der Waals surface area contributed by atoms with Gasteiger partial charge in [0.1, 0.15) is 11.9 Å². The topological polar surface area (TPSA) is 100 Å². The first-order chi connectivity index (χ1) is 13.6. The number of amides is 3. The minimum Gasteiger partial charge on any atom is -0.442 e. The van der Waals surface area contributed by atoms with E-state index in [-0.39, 0.29) is 19.0 Å². The molecule has 0 radical (unpaired) electrons. The number of nitrogens with zero attached hydrogens (tertiary/aromatic N) is 2. The van der Waals surface area contributed by atoms with E-state index in [1.165, 1.54) is 17.9 Å². The van der Waals surface area contributed by atoms with Gasteiger partial charge in [0.15, 0.2) is 5.60 Å². The number of halogens is 1. The molecule has 1 aromatic carbocycles. The molecule has 3 fully saturated rings. The Morgan fingerprint density at radius 3 is 2.76 bits per heavy atom. The van der Waals surface area contributed by atoms with E-state index in [1.807, 2.05) is 18.7 Å². The summed E-state index contributed by atoms with van der Waals surface area (Å²) in [6.07, 6.45) is -1.54. The van der Waals surface area contributed by atoms with E-state index in [9.17, 15) is 18.8 Å². The summed E-state index contributed by atoms with van der Waals surface area (Å²) in [4.78, 5) is 37.9. The average Bonchev–Trinajstić information content (AvgIpc) is 3.17. The van der Waals surface area contributed by atoms with Gasteiger partial charge < -0.3 is 25.0 Å². The van der Waals surface area contributed by atoms with E-state index in [1.54, 1.807) is 12.1 Å². The standard InChI is InChI=1S/C19H23FN4O5/c1-11(25)21-7-13-8-24(17(27)28-13)12-4-5-15(14(20)6-12)23-9-18(2)19(3,10-23)29-16(26)22-18/h4-6,13H,7-10H2,1-3H3,(H,21,25)(H,22,26)/t13-,18?,19?/m0/s1. The van der Waals surface area contributed by atoms with Crippen LogP contribution in [0.25, 0.3) is 0 Å². The summed E-state index contributed by atoms with van der Waals surface area (Å²) in [6, 6.07) is 4.54. The van der Waals surface area contributed by atoms with Gasteiger partial charge in [-0.15, -0.1) is 0 Å². The van der Waals surface area contributed by atoms with Crippen LogP contribution in [-0.2, 0) is 14.3 Å². The van der Waals surface area contributed by atoms with E-state index >= 15 is 0 Å². The number of alkyl carbamates (subject to hydrolysis) is 1. The molecular weight excluding hydrogens is 383 g/mol. The molecule has 156 valence electrons. The molecule has 3 aliphatic heterocycles. The molecule has 0 spiro atoms. The van der Waals surface area contributed by atoms with Crippen molar-refractivity contribution in [2.45, 2.75) is 38.0 Å². The molecule has 4 rings (SSSR count). The molecule has 10 heteroatoms. The molecule has 0 bridgehead atoms. The van der Waals surface area contributed by atoms with Crippen LogP contribution in [0.1, 0.15) is 20.8 Å². The highest BCUT2D eigenvalue weighted by molar-refractivity contribution is 5.90. The predicted octanol–water partition coefficient (Wildman–Crippen LogP) is 1.36. The number of cyclic esters (lactones) is 1. The molecule has 29 heavy (non-hydrogen) atoms. The lowest BCUT2D eigenvalue weighted by atomic mass is 9.87. The molecule has 3 heterocycles. The van der Waals surface area contributed by atoms with Gasteiger partial charge in [-0.25, -0.2) is 14.0 Å². The number of carbonyl (C=O) groups excluding carboxylic acids is 3. The highest BCUT2D eigenvalue weighted by Gasteiger charge is 2.60. The van der Waals surface area contributed by atoms with Crippen molar-refractivity contribution < 1.29 is 28.2 Å². The van der Waals surface area contributed by atoms with Crippen molar-refractivity contribution in [3.8, 4) is 0 Å². The zero-order chi connectivity index (χ0) is 21.0. The monoisotopic (exact) mass is 406 g/mol. The van der Waals surface area contributed by atoms with E-state index in [0.717, 1.165) is 0 Å². The Kier molecular flexibility index (Phi) is 4.32. The lowest BCUT2D eigenvalue weighted by molar-refractivity contribution is -0.119. The van der Waals surface area contributed by atoms with Gasteiger partial charge in [-0.2, -0.15) is 0 Å². The average molecular weight is 406 g/mol. The molecule has 0 aliphatic carbocycles. The zero-order valence-electron chi connectivity index (χ0n) is 16.5. The fourth-order valence-electron chi connectivity index (χ4n) is 4.10. The summed E-state index contributed by atoms with van der Waals surface area (Å²) in [6.45, 7) is 6.25. The van der Waals surface area contributed by atoms with Crippen LogP contribution in [0.4, 0.5) is 25.4 Å². The van der Waals surface area contributed by atoms with Crippen molar-refractivity contribution >= 4 is 29.5 Å². The van der Waals surface area contributed by atoms with Crippen molar-refractivity contribution in [3.63, 3.8) is 0 Å². The fourth-order valence-corrected chi connectivity index (χ4v) is 4.10. The number of anilines is 2. The van der Waals surface area contributed by atoms with E-state index < -0.39 is 35.2 Å². The Labute approximate surface area is 167 Å². The Bertz CT molecular complexity index is 873. The molecule has 1 aromatic rings. The van der Waals surface area contributed by atoms with Gasteiger partial charge in [-0.05, 0) is 32.0 Å². The van der Waals surface area contributed by atoms with Gasteiger partial charge in [0.05, 0.1) is 36.5 Å². The molecular formula is C19H23FN4O5.